The SMILES string of the molecule is CC.CC.COC1=CC[C@@H](CNC(=O)CNc2cccc(Cl)c2C)C=C1. The summed E-state index contributed by atoms with van der Waals surface area (Å²) in [6.07, 6.45) is 6.91. The summed E-state index contributed by atoms with van der Waals surface area (Å²) >= 11 is 6.05. The van der Waals surface area contributed by atoms with Crippen LogP contribution in [0.15, 0.2) is 42.2 Å². The van der Waals surface area contributed by atoms with Crippen LogP contribution in [0.2, 0.25) is 5.02 Å². The predicted molar refractivity (Wildman–Crippen MR) is 113 cm³/mol. The molecule has 1 aromatic rings. The van der Waals surface area contributed by atoms with Gasteiger partial charge in [-0.25, -0.2) is 0 Å². The third kappa shape index (κ3) is 8.43. The molecule has 5 heteroatoms. The summed E-state index contributed by atoms with van der Waals surface area (Å²) in [6, 6.07) is 5.61. The van der Waals surface area contributed by atoms with Crippen LogP contribution in [0, 0.1) is 12.8 Å². The molecule has 0 fully saturated rings. The van der Waals surface area contributed by atoms with Crippen molar-refractivity contribution in [3.63, 3.8) is 0 Å². The van der Waals surface area contributed by atoms with Crippen LogP contribution < -0.4 is 10.6 Å². The third-order valence-corrected chi connectivity index (χ3v) is 4.07. The van der Waals surface area contributed by atoms with Gasteiger partial charge in [0.2, 0.25) is 5.91 Å². The van der Waals surface area contributed by atoms with Crippen LogP contribution in [0.5, 0.6) is 0 Å². The standard InChI is InChI=1S/C17H21ClN2O2.2C2H6/c1-12-15(18)4-3-5-16(12)19-11-17(21)20-10-13-6-8-14(22-2)9-7-13;2*1-2/h3-6,8-9,13,19H,7,10-11H2,1-2H3,(H,20,21);2*1-2H3/t13-;;/m0../s1. The maximum Gasteiger partial charge on any atom is 0.239 e. The van der Waals surface area contributed by atoms with Crippen molar-refractivity contribution in [1.82, 2.24) is 5.32 Å². The van der Waals surface area contributed by atoms with Crippen LogP contribution in [0.3, 0.4) is 0 Å². The van der Waals surface area contributed by atoms with E-state index in [0.717, 1.165) is 23.4 Å². The van der Waals surface area contributed by atoms with Gasteiger partial charge >= 0.3 is 0 Å². The lowest BCUT2D eigenvalue weighted by atomic mass is 10.00. The molecule has 0 spiro atoms. The molecule has 0 saturated carbocycles. The summed E-state index contributed by atoms with van der Waals surface area (Å²) in [5.41, 5.74) is 1.83. The highest BCUT2D eigenvalue weighted by atomic mass is 35.5. The Bertz CT molecular complexity index is 598. The molecule has 2 N–H and O–H groups in total. The summed E-state index contributed by atoms with van der Waals surface area (Å²) in [5, 5.41) is 6.74. The molecule has 1 atom stereocenters. The fourth-order valence-electron chi connectivity index (χ4n) is 2.23. The second-order valence-corrected chi connectivity index (χ2v) is 5.64. The highest BCUT2D eigenvalue weighted by Crippen LogP contribution is 2.22. The Balaban J connectivity index is 0.00000146. The Kier molecular flexibility index (Phi) is 13.2. The van der Waals surface area contributed by atoms with Crippen molar-refractivity contribution in [3.8, 4) is 0 Å². The van der Waals surface area contributed by atoms with Crippen LogP contribution in [0.4, 0.5) is 5.69 Å². The van der Waals surface area contributed by atoms with Gasteiger partial charge in [-0.1, -0.05) is 51.4 Å². The molecule has 26 heavy (non-hydrogen) atoms. The van der Waals surface area contributed by atoms with E-state index < -0.39 is 0 Å². The van der Waals surface area contributed by atoms with E-state index in [-0.39, 0.29) is 12.5 Å². The van der Waals surface area contributed by atoms with Crippen molar-refractivity contribution in [1.29, 1.82) is 0 Å². The number of anilines is 1. The van der Waals surface area contributed by atoms with E-state index in [1.54, 1.807) is 7.11 Å². The van der Waals surface area contributed by atoms with Crippen LogP contribution in [0.1, 0.15) is 39.7 Å². The van der Waals surface area contributed by atoms with Gasteiger partial charge in [0.25, 0.3) is 0 Å². The number of methoxy groups -OCH3 is 1. The molecule has 1 amide bonds. The van der Waals surface area contributed by atoms with Crippen molar-refractivity contribution in [2.45, 2.75) is 41.0 Å². The molecular formula is C21H33ClN2O2. The van der Waals surface area contributed by atoms with Crippen LogP contribution in [-0.2, 0) is 9.53 Å². The van der Waals surface area contributed by atoms with Crippen molar-refractivity contribution in [2.75, 3.05) is 25.5 Å². The lowest BCUT2D eigenvalue weighted by Gasteiger charge is -2.16. The number of amides is 1. The summed E-state index contributed by atoms with van der Waals surface area (Å²) < 4.78 is 5.14. The first-order chi connectivity index (χ1) is 12.6. The molecule has 4 nitrogen and oxygen atoms in total. The average Bonchev–Trinajstić information content (AvgIpc) is 2.71. The van der Waals surface area contributed by atoms with E-state index in [2.05, 4.69) is 16.7 Å². The molecule has 0 heterocycles. The Morgan fingerprint density at radius 1 is 1.27 bits per heavy atom. The highest BCUT2D eigenvalue weighted by Gasteiger charge is 2.11. The number of carbonyl (C=O) groups is 1. The first-order valence-electron chi connectivity index (χ1n) is 9.28. The fourth-order valence-corrected chi connectivity index (χ4v) is 2.40. The molecule has 1 aromatic carbocycles. The summed E-state index contributed by atoms with van der Waals surface area (Å²) in [4.78, 5) is 11.9. The second kappa shape index (κ2) is 14.3. The molecule has 0 radical (unpaired) electrons. The Morgan fingerprint density at radius 2 is 1.96 bits per heavy atom. The first-order valence-corrected chi connectivity index (χ1v) is 9.66. The minimum Gasteiger partial charge on any atom is -0.497 e. The van der Waals surface area contributed by atoms with Gasteiger partial charge in [-0.3, -0.25) is 4.79 Å². The Morgan fingerprint density at radius 3 is 2.54 bits per heavy atom. The van der Waals surface area contributed by atoms with E-state index in [4.69, 9.17) is 16.3 Å². The zero-order valence-electron chi connectivity index (χ0n) is 16.9. The quantitative estimate of drug-likeness (QED) is 0.700. The number of benzene rings is 1. The lowest BCUT2D eigenvalue weighted by molar-refractivity contribution is -0.119. The number of hydrogen-bond acceptors (Lipinski definition) is 3. The smallest absolute Gasteiger partial charge is 0.239 e. The zero-order valence-corrected chi connectivity index (χ0v) is 17.6. The molecule has 0 saturated heterocycles. The van der Waals surface area contributed by atoms with E-state index in [1.165, 1.54) is 0 Å². The number of halogens is 1. The number of ether oxygens (including phenoxy) is 1. The summed E-state index contributed by atoms with van der Waals surface area (Å²) in [5.74, 6) is 1.16. The van der Waals surface area contributed by atoms with Crippen LogP contribution in [0.25, 0.3) is 0 Å². The molecule has 0 aromatic heterocycles. The molecule has 0 bridgehead atoms. The fraction of sp³-hybridized carbons (Fsp3) is 0.476. The zero-order chi connectivity index (χ0) is 19.9. The largest absolute Gasteiger partial charge is 0.497 e. The van der Waals surface area contributed by atoms with E-state index >= 15 is 0 Å². The number of allylic oxidation sites excluding steroid dienone is 2. The molecule has 1 aliphatic rings. The van der Waals surface area contributed by atoms with Gasteiger partial charge < -0.3 is 15.4 Å². The predicted octanol–water partition coefficient (Wildman–Crippen LogP) is 5.34. The van der Waals surface area contributed by atoms with Crippen molar-refractivity contribution in [3.05, 3.63) is 52.8 Å². The van der Waals surface area contributed by atoms with Gasteiger partial charge in [-0.2, -0.15) is 0 Å². The molecule has 2 rings (SSSR count). The molecule has 0 aliphatic heterocycles. The monoisotopic (exact) mass is 380 g/mol. The third-order valence-electron chi connectivity index (χ3n) is 3.66. The van der Waals surface area contributed by atoms with Gasteiger partial charge in [0.15, 0.2) is 0 Å². The number of nitrogens with one attached hydrogen (secondary N) is 2. The number of hydrogen-bond donors (Lipinski definition) is 2. The van der Waals surface area contributed by atoms with Gasteiger partial charge in [-0.15, -0.1) is 0 Å². The lowest BCUT2D eigenvalue weighted by Crippen LogP contribution is -2.33. The number of rotatable bonds is 6. The van der Waals surface area contributed by atoms with Gasteiger partial charge in [0.1, 0.15) is 5.76 Å². The first kappa shape index (κ1) is 24.1. The molecule has 146 valence electrons. The minimum absolute atomic E-state index is 0.0331. The van der Waals surface area contributed by atoms with Crippen LogP contribution in [-0.4, -0.2) is 26.1 Å². The maximum absolute atomic E-state index is 11.9. The second-order valence-electron chi connectivity index (χ2n) is 5.24. The van der Waals surface area contributed by atoms with Gasteiger partial charge in [0, 0.05) is 17.3 Å². The molecule has 1 aliphatic carbocycles. The van der Waals surface area contributed by atoms with Crippen molar-refractivity contribution in [2.24, 2.45) is 5.92 Å². The van der Waals surface area contributed by atoms with Crippen LogP contribution >= 0.6 is 11.6 Å². The summed E-state index contributed by atoms with van der Waals surface area (Å²) in [6.45, 7) is 10.8. The van der Waals surface area contributed by atoms with E-state index in [9.17, 15) is 4.79 Å². The van der Waals surface area contributed by atoms with E-state index in [1.807, 2.05) is 65.0 Å². The van der Waals surface area contributed by atoms with Crippen molar-refractivity contribution >= 4 is 23.2 Å². The normalized spacial score (nSPS) is 14.7. The van der Waals surface area contributed by atoms with Gasteiger partial charge in [-0.05, 0) is 49.1 Å². The Labute approximate surface area is 163 Å². The molecular weight excluding hydrogens is 348 g/mol. The van der Waals surface area contributed by atoms with Crippen molar-refractivity contribution < 1.29 is 9.53 Å². The topological polar surface area (TPSA) is 50.4 Å². The summed E-state index contributed by atoms with van der Waals surface area (Å²) in [7, 11) is 1.65. The van der Waals surface area contributed by atoms with E-state index in [0.29, 0.717) is 17.5 Å². The maximum atomic E-state index is 11.9. The Hall–Kier alpha value is -1.94. The molecule has 0 unspecified atom stereocenters. The van der Waals surface area contributed by atoms with Gasteiger partial charge in [0.05, 0.1) is 13.7 Å². The number of carbonyl (C=O) groups excluding carboxylic acids is 1. The average molecular weight is 381 g/mol. The minimum atomic E-state index is -0.0331. The highest BCUT2D eigenvalue weighted by molar-refractivity contribution is 6.31.